The molecular formula is C15H21ClN2S. The molecule has 19 heavy (non-hydrogen) atoms. The van der Waals surface area contributed by atoms with Crippen LogP contribution in [0.2, 0.25) is 0 Å². The number of nitrogens with zero attached hydrogens (tertiary/aromatic N) is 2. The summed E-state index contributed by atoms with van der Waals surface area (Å²) < 4.78 is 0. The van der Waals surface area contributed by atoms with E-state index in [1.165, 1.54) is 24.4 Å². The fourth-order valence-electron chi connectivity index (χ4n) is 2.79. The molecule has 1 saturated heterocycles. The lowest BCUT2D eigenvalue weighted by Crippen LogP contribution is -2.25. The number of benzene rings is 1. The van der Waals surface area contributed by atoms with E-state index in [-0.39, 0.29) is 12.4 Å². The number of thioether (sulfide) groups is 1. The van der Waals surface area contributed by atoms with Gasteiger partial charge in [0.05, 0.1) is 11.3 Å². The van der Waals surface area contributed by atoms with Crippen LogP contribution in [0.25, 0.3) is 0 Å². The summed E-state index contributed by atoms with van der Waals surface area (Å²) in [7, 11) is 0. The Kier molecular flexibility index (Phi) is 4.80. The van der Waals surface area contributed by atoms with E-state index in [1.54, 1.807) is 0 Å². The van der Waals surface area contributed by atoms with Gasteiger partial charge in [-0.3, -0.25) is 4.99 Å². The highest BCUT2D eigenvalue weighted by atomic mass is 35.5. The molecule has 1 aromatic carbocycles. The molecule has 2 aliphatic rings. The number of hydrogen-bond acceptors (Lipinski definition) is 3. The molecule has 0 N–H and O–H groups in total. The van der Waals surface area contributed by atoms with Gasteiger partial charge in [0, 0.05) is 13.1 Å². The van der Waals surface area contributed by atoms with E-state index in [0.717, 1.165) is 6.54 Å². The third-order valence-corrected chi connectivity index (χ3v) is 4.89. The van der Waals surface area contributed by atoms with Gasteiger partial charge in [0.15, 0.2) is 0 Å². The van der Waals surface area contributed by atoms with Gasteiger partial charge in [0.25, 0.3) is 0 Å². The summed E-state index contributed by atoms with van der Waals surface area (Å²) in [5, 5.41) is 1.31. The highest BCUT2D eigenvalue weighted by Crippen LogP contribution is 2.35. The molecule has 0 spiro atoms. The minimum absolute atomic E-state index is 0. The molecular weight excluding hydrogens is 276 g/mol. The minimum atomic E-state index is 0. The van der Waals surface area contributed by atoms with Gasteiger partial charge in [0.2, 0.25) is 0 Å². The number of amidine groups is 1. The van der Waals surface area contributed by atoms with Gasteiger partial charge in [-0.25, -0.2) is 0 Å². The number of fused-ring (bicyclic) bond motifs is 1. The van der Waals surface area contributed by atoms with E-state index < -0.39 is 0 Å². The average Bonchev–Trinajstić information content (AvgIpc) is 2.92. The maximum atomic E-state index is 4.98. The Labute approximate surface area is 126 Å². The largest absolute Gasteiger partial charge is 0.357 e. The second-order valence-electron chi connectivity index (χ2n) is 5.32. The smallest absolute Gasteiger partial charge is 0.113 e. The summed E-state index contributed by atoms with van der Waals surface area (Å²) in [5.74, 6) is 1.35. The first-order chi connectivity index (χ1) is 8.74. The molecule has 2 unspecified atom stereocenters. The SMILES string of the molecule is CC(C)SC1CCN2CC(c3ccccc3)N=C12.Cl. The topological polar surface area (TPSA) is 15.6 Å². The lowest BCUT2D eigenvalue weighted by molar-refractivity contribution is 0.454. The van der Waals surface area contributed by atoms with Crippen molar-refractivity contribution >= 4 is 30.0 Å². The highest BCUT2D eigenvalue weighted by molar-refractivity contribution is 8.01. The van der Waals surface area contributed by atoms with Crippen LogP contribution in [0.5, 0.6) is 0 Å². The number of rotatable bonds is 3. The van der Waals surface area contributed by atoms with Crippen molar-refractivity contribution in [3.63, 3.8) is 0 Å². The zero-order chi connectivity index (χ0) is 12.5. The third kappa shape index (κ3) is 3.09. The summed E-state index contributed by atoms with van der Waals surface area (Å²) in [6.07, 6.45) is 1.27. The van der Waals surface area contributed by atoms with Gasteiger partial charge in [-0.05, 0) is 17.2 Å². The lowest BCUT2D eigenvalue weighted by atomic mass is 10.1. The van der Waals surface area contributed by atoms with Crippen molar-refractivity contribution in [1.29, 1.82) is 0 Å². The van der Waals surface area contributed by atoms with Crippen molar-refractivity contribution in [2.24, 2.45) is 4.99 Å². The molecule has 2 aliphatic heterocycles. The van der Waals surface area contributed by atoms with Crippen LogP contribution in [-0.2, 0) is 0 Å². The Bertz CT molecular complexity index is 447. The second kappa shape index (κ2) is 6.19. The molecule has 0 saturated carbocycles. The molecule has 2 nitrogen and oxygen atoms in total. The van der Waals surface area contributed by atoms with E-state index in [9.17, 15) is 0 Å². The maximum absolute atomic E-state index is 4.98. The molecule has 0 aliphatic carbocycles. The van der Waals surface area contributed by atoms with Gasteiger partial charge in [-0.1, -0.05) is 44.2 Å². The minimum Gasteiger partial charge on any atom is -0.357 e. The second-order valence-corrected chi connectivity index (χ2v) is 7.11. The van der Waals surface area contributed by atoms with Crippen LogP contribution in [0.15, 0.2) is 35.3 Å². The van der Waals surface area contributed by atoms with Crippen molar-refractivity contribution in [2.45, 2.75) is 36.8 Å². The van der Waals surface area contributed by atoms with Crippen molar-refractivity contribution in [3.8, 4) is 0 Å². The molecule has 0 radical (unpaired) electrons. The Morgan fingerprint density at radius 1 is 1.26 bits per heavy atom. The third-order valence-electron chi connectivity index (χ3n) is 3.58. The van der Waals surface area contributed by atoms with E-state index in [0.29, 0.717) is 16.5 Å². The Hall–Kier alpha value is -0.670. The Morgan fingerprint density at radius 3 is 2.68 bits per heavy atom. The van der Waals surface area contributed by atoms with Crippen LogP contribution in [0.3, 0.4) is 0 Å². The predicted molar refractivity (Wildman–Crippen MR) is 86.6 cm³/mol. The number of aliphatic imine (C=N–C) groups is 1. The standard InChI is InChI=1S/C15H20N2S.ClH/c1-11(2)18-14-8-9-17-10-13(16-15(14)17)12-6-4-3-5-7-12;/h3-7,11,13-14H,8-10H2,1-2H3;1H. The quantitative estimate of drug-likeness (QED) is 0.843. The monoisotopic (exact) mass is 296 g/mol. The summed E-state index contributed by atoms with van der Waals surface area (Å²) in [6.45, 7) is 6.82. The first-order valence-electron chi connectivity index (χ1n) is 6.77. The summed E-state index contributed by atoms with van der Waals surface area (Å²) in [5.41, 5.74) is 1.35. The molecule has 3 rings (SSSR count). The van der Waals surface area contributed by atoms with Crippen molar-refractivity contribution in [2.75, 3.05) is 13.1 Å². The van der Waals surface area contributed by atoms with Gasteiger partial charge in [0.1, 0.15) is 5.84 Å². The molecule has 2 atom stereocenters. The van der Waals surface area contributed by atoms with Crippen LogP contribution in [0.4, 0.5) is 0 Å². The van der Waals surface area contributed by atoms with E-state index >= 15 is 0 Å². The number of halogens is 1. The van der Waals surface area contributed by atoms with Gasteiger partial charge >= 0.3 is 0 Å². The Balaban J connectivity index is 0.00000133. The van der Waals surface area contributed by atoms with E-state index in [4.69, 9.17) is 4.99 Å². The van der Waals surface area contributed by atoms with Crippen molar-refractivity contribution < 1.29 is 0 Å². The molecule has 4 heteroatoms. The first kappa shape index (κ1) is 14.7. The van der Waals surface area contributed by atoms with Crippen LogP contribution in [-0.4, -0.2) is 34.3 Å². The fraction of sp³-hybridized carbons (Fsp3) is 0.533. The summed E-state index contributed by atoms with van der Waals surface area (Å²) >= 11 is 2.06. The maximum Gasteiger partial charge on any atom is 0.113 e. The van der Waals surface area contributed by atoms with E-state index in [1.807, 2.05) is 0 Å². The molecule has 0 bridgehead atoms. The van der Waals surface area contributed by atoms with Crippen LogP contribution >= 0.6 is 24.2 Å². The zero-order valence-corrected chi connectivity index (χ0v) is 13.1. The van der Waals surface area contributed by atoms with Gasteiger partial charge < -0.3 is 4.90 Å². The molecule has 1 aromatic rings. The molecule has 0 amide bonds. The predicted octanol–water partition coefficient (Wildman–Crippen LogP) is 3.78. The fourth-order valence-corrected chi connectivity index (χ4v) is 4.02. The summed E-state index contributed by atoms with van der Waals surface area (Å²) in [6, 6.07) is 11.0. The van der Waals surface area contributed by atoms with Crippen molar-refractivity contribution in [3.05, 3.63) is 35.9 Å². The first-order valence-corrected chi connectivity index (χ1v) is 7.71. The molecule has 0 aromatic heterocycles. The van der Waals surface area contributed by atoms with Crippen LogP contribution < -0.4 is 0 Å². The lowest BCUT2D eigenvalue weighted by Gasteiger charge is -2.14. The number of hydrogen-bond donors (Lipinski definition) is 0. The summed E-state index contributed by atoms with van der Waals surface area (Å²) in [4.78, 5) is 7.46. The van der Waals surface area contributed by atoms with E-state index in [2.05, 4.69) is 60.8 Å². The normalized spacial score (nSPS) is 25.2. The Morgan fingerprint density at radius 2 is 2.00 bits per heavy atom. The van der Waals surface area contributed by atoms with Crippen molar-refractivity contribution in [1.82, 2.24) is 4.90 Å². The van der Waals surface area contributed by atoms with Gasteiger partial charge in [-0.15, -0.1) is 24.2 Å². The molecule has 2 heterocycles. The average molecular weight is 297 g/mol. The van der Waals surface area contributed by atoms with Crippen LogP contribution in [0, 0.1) is 0 Å². The molecule has 1 fully saturated rings. The zero-order valence-electron chi connectivity index (χ0n) is 11.5. The van der Waals surface area contributed by atoms with Gasteiger partial charge in [-0.2, -0.15) is 0 Å². The van der Waals surface area contributed by atoms with Crippen LogP contribution in [0.1, 0.15) is 31.9 Å². The highest BCUT2D eigenvalue weighted by Gasteiger charge is 2.36. The molecule has 104 valence electrons.